The zero-order valence-electron chi connectivity index (χ0n) is 11.1. The van der Waals surface area contributed by atoms with Crippen molar-refractivity contribution in [3.05, 3.63) is 23.2 Å². The number of halogens is 2. The van der Waals surface area contributed by atoms with Crippen LogP contribution in [-0.2, 0) is 10.0 Å². The van der Waals surface area contributed by atoms with Crippen LogP contribution in [-0.4, -0.2) is 34.7 Å². The second-order valence-corrected chi connectivity index (χ2v) is 6.58. The van der Waals surface area contributed by atoms with Crippen molar-refractivity contribution >= 4 is 34.0 Å². The Balaban J connectivity index is 0.00000200. The molecule has 0 radical (unpaired) electrons. The predicted molar refractivity (Wildman–Crippen MR) is 81.5 cm³/mol. The Kier molecular flexibility index (Phi) is 6.54. The molecule has 5 nitrogen and oxygen atoms in total. The molecule has 0 saturated carbocycles. The third-order valence-corrected chi connectivity index (χ3v) is 4.87. The van der Waals surface area contributed by atoms with Crippen LogP contribution in [0.4, 0.5) is 0 Å². The average molecular weight is 341 g/mol. The highest BCUT2D eigenvalue weighted by molar-refractivity contribution is 7.89. The first-order valence-corrected chi connectivity index (χ1v) is 7.95. The molecule has 1 saturated heterocycles. The molecule has 1 aliphatic rings. The highest BCUT2D eigenvalue weighted by Crippen LogP contribution is 2.27. The summed E-state index contributed by atoms with van der Waals surface area (Å²) < 4.78 is 32.1. The first kappa shape index (κ1) is 17.5. The van der Waals surface area contributed by atoms with E-state index in [1.54, 1.807) is 6.07 Å². The van der Waals surface area contributed by atoms with Gasteiger partial charge < -0.3 is 10.1 Å². The van der Waals surface area contributed by atoms with Gasteiger partial charge in [-0.2, -0.15) is 0 Å². The Morgan fingerprint density at radius 3 is 2.75 bits per heavy atom. The largest absolute Gasteiger partial charge is 0.495 e. The van der Waals surface area contributed by atoms with E-state index in [0.717, 1.165) is 19.4 Å². The molecule has 0 amide bonds. The lowest BCUT2D eigenvalue weighted by Gasteiger charge is -2.23. The minimum atomic E-state index is -3.54. The molecule has 0 spiro atoms. The van der Waals surface area contributed by atoms with Crippen LogP contribution >= 0.6 is 24.0 Å². The number of piperidine rings is 1. The molecule has 2 rings (SSSR count). The second kappa shape index (κ2) is 7.47. The molecule has 8 heteroatoms. The number of sulfonamides is 1. The summed E-state index contributed by atoms with van der Waals surface area (Å²) in [4.78, 5) is 0.156. The summed E-state index contributed by atoms with van der Waals surface area (Å²) in [5, 5.41) is 3.45. The van der Waals surface area contributed by atoms with Gasteiger partial charge in [-0.25, -0.2) is 13.1 Å². The average Bonchev–Trinajstić information content (AvgIpc) is 2.39. The van der Waals surface area contributed by atoms with E-state index >= 15 is 0 Å². The highest BCUT2D eigenvalue weighted by atomic mass is 35.5. The van der Waals surface area contributed by atoms with Gasteiger partial charge in [0.05, 0.1) is 17.0 Å². The van der Waals surface area contributed by atoms with Gasteiger partial charge in [0.2, 0.25) is 10.0 Å². The minimum Gasteiger partial charge on any atom is -0.495 e. The molecule has 1 aliphatic heterocycles. The van der Waals surface area contributed by atoms with Crippen LogP contribution < -0.4 is 14.8 Å². The lowest BCUT2D eigenvalue weighted by molar-refractivity contribution is 0.414. The third kappa shape index (κ3) is 4.23. The lowest BCUT2D eigenvalue weighted by Crippen LogP contribution is -2.45. The van der Waals surface area contributed by atoms with Crippen LogP contribution in [0.5, 0.6) is 5.75 Å². The van der Waals surface area contributed by atoms with Crippen LogP contribution in [0.2, 0.25) is 5.02 Å². The van der Waals surface area contributed by atoms with E-state index in [4.69, 9.17) is 16.3 Å². The van der Waals surface area contributed by atoms with Crippen molar-refractivity contribution in [2.45, 2.75) is 23.8 Å². The van der Waals surface area contributed by atoms with Crippen LogP contribution in [0, 0.1) is 0 Å². The van der Waals surface area contributed by atoms with Crippen molar-refractivity contribution in [1.82, 2.24) is 10.0 Å². The topological polar surface area (TPSA) is 67.4 Å². The number of rotatable bonds is 4. The molecular weight excluding hydrogens is 323 g/mol. The zero-order valence-corrected chi connectivity index (χ0v) is 13.4. The van der Waals surface area contributed by atoms with Gasteiger partial charge in [0.1, 0.15) is 5.75 Å². The van der Waals surface area contributed by atoms with E-state index in [1.165, 1.54) is 19.2 Å². The van der Waals surface area contributed by atoms with E-state index in [2.05, 4.69) is 10.0 Å². The molecule has 0 bridgehead atoms. The number of hydrogen-bond acceptors (Lipinski definition) is 4. The number of methoxy groups -OCH3 is 1. The van der Waals surface area contributed by atoms with Crippen LogP contribution in [0.15, 0.2) is 23.1 Å². The second-order valence-electron chi connectivity index (χ2n) is 4.46. The normalized spacial score (nSPS) is 19.2. The maximum Gasteiger partial charge on any atom is 0.240 e. The fraction of sp³-hybridized carbons (Fsp3) is 0.500. The van der Waals surface area contributed by atoms with Gasteiger partial charge in [-0.05, 0) is 37.6 Å². The summed E-state index contributed by atoms with van der Waals surface area (Å²) in [6.07, 6.45) is 1.81. The standard InChI is InChI=1S/C12H17ClN2O3S.ClH/c1-18-12-5-4-10(7-11(12)13)19(16,17)15-9-3-2-6-14-8-9;/h4-5,7,9,14-15H,2-3,6,8H2,1H3;1H/t9-;/m1./s1. The van der Waals surface area contributed by atoms with Crippen molar-refractivity contribution in [2.24, 2.45) is 0 Å². The van der Waals surface area contributed by atoms with Crippen molar-refractivity contribution in [3.8, 4) is 5.75 Å². The number of nitrogens with one attached hydrogen (secondary N) is 2. The van der Waals surface area contributed by atoms with Gasteiger partial charge in [0.15, 0.2) is 0 Å². The molecule has 0 aliphatic carbocycles. The maximum atomic E-state index is 12.2. The van der Waals surface area contributed by atoms with Crippen LogP contribution in [0.3, 0.4) is 0 Å². The lowest BCUT2D eigenvalue weighted by atomic mass is 10.1. The van der Waals surface area contributed by atoms with Crippen LogP contribution in [0.25, 0.3) is 0 Å². The van der Waals surface area contributed by atoms with E-state index in [0.29, 0.717) is 12.3 Å². The molecule has 0 unspecified atom stereocenters. The summed E-state index contributed by atoms with van der Waals surface area (Å²) in [7, 11) is -2.05. The van der Waals surface area contributed by atoms with Crippen molar-refractivity contribution in [2.75, 3.05) is 20.2 Å². The van der Waals surface area contributed by atoms with Crippen molar-refractivity contribution in [3.63, 3.8) is 0 Å². The quantitative estimate of drug-likeness (QED) is 0.876. The van der Waals surface area contributed by atoms with Gasteiger partial charge in [-0.1, -0.05) is 11.6 Å². The van der Waals surface area contributed by atoms with Crippen molar-refractivity contribution < 1.29 is 13.2 Å². The minimum absolute atomic E-state index is 0. The SMILES string of the molecule is COc1ccc(S(=O)(=O)N[C@@H]2CCCNC2)cc1Cl.Cl. The molecule has 1 atom stereocenters. The summed E-state index contributed by atoms with van der Waals surface area (Å²) in [6.45, 7) is 1.59. The molecule has 114 valence electrons. The summed E-state index contributed by atoms with van der Waals surface area (Å²) >= 11 is 5.95. The Morgan fingerprint density at radius 1 is 1.45 bits per heavy atom. The molecule has 0 aromatic heterocycles. The Labute approximate surface area is 130 Å². The summed E-state index contributed by atoms with van der Waals surface area (Å²) in [5.74, 6) is 0.458. The molecular formula is C12H18Cl2N2O3S. The summed E-state index contributed by atoms with van der Waals surface area (Å²) in [6, 6.07) is 4.37. The Bertz CT molecular complexity index is 546. The molecule has 2 N–H and O–H groups in total. The van der Waals surface area contributed by atoms with Gasteiger partial charge in [-0.15, -0.1) is 12.4 Å². The number of benzene rings is 1. The smallest absolute Gasteiger partial charge is 0.240 e. The monoisotopic (exact) mass is 340 g/mol. The third-order valence-electron chi connectivity index (χ3n) is 3.05. The van der Waals surface area contributed by atoms with Gasteiger partial charge in [-0.3, -0.25) is 0 Å². The summed E-state index contributed by atoms with van der Waals surface area (Å²) in [5.41, 5.74) is 0. The van der Waals surface area contributed by atoms with Crippen molar-refractivity contribution in [1.29, 1.82) is 0 Å². The van der Waals surface area contributed by atoms with E-state index in [-0.39, 0.29) is 28.4 Å². The first-order valence-electron chi connectivity index (χ1n) is 6.09. The Morgan fingerprint density at radius 2 is 2.20 bits per heavy atom. The van der Waals surface area contributed by atoms with E-state index < -0.39 is 10.0 Å². The van der Waals surface area contributed by atoms with Gasteiger partial charge >= 0.3 is 0 Å². The predicted octanol–water partition coefficient (Wildman–Crippen LogP) is 1.80. The zero-order chi connectivity index (χ0) is 13.9. The fourth-order valence-corrected chi connectivity index (χ4v) is 3.67. The van der Waals surface area contributed by atoms with E-state index in [1.807, 2.05) is 0 Å². The number of ether oxygens (including phenoxy) is 1. The molecule has 1 heterocycles. The van der Waals surface area contributed by atoms with E-state index in [9.17, 15) is 8.42 Å². The first-order chi connectivity index (χ1) is 9.03. The van der Waals surface area contributed by atoms with Gasteiger partial charge in [0, 0.05) is 12.6 Å². The number of hydrogen-bond donors (Lipinski definition) is 2. The maximum absolute atomic E-state index is 12.2. The molecule has 20 heavy (non-hydrogen) atoms. The fourth-order valence-electron chi connectivity index (χ4n) is 2.05. The molecule has 1 aromatic carbocycles. The van der Waals surface area contributed by atoms with Gasteiger partial charge in [0.25, 0.3) is 0 Å². The highest BCUT2D eigenvalue weighted by Gasteiger charge is 2.22. The Hall–Kier alpha value is -0.530. The van der Waals surface area contributed by atoms with Crippen LogP contribution in [0.1, 0.15) is 12.8 Å². The molecule has 1 aromatic rings. The molecule has 1 fully saturated rings.